The van der Waals surface area contributed by atoms with Crippen LogP contribution in [0.5, 0.6) is 0 Å². The first-order chi connectivity index (χ1) is 9.40. The van der Waals surface area contributed by atoms with Crippen molar-refractivity contribution >= 4 is 22.7 Å². The Morgan fingerprint density at radius 2 is 1.68 bits per heavy atom. The molecule has 0 atom stereocenters. The molecule has 3 rings (SSSR count). The highest BCUT2D eigenvalue weighted by molar-refractivity contribution is 7.99. The molecule has 1 aromatic heterocycles. The smallest absolute Gasteiger partial charge is 0.0835 e. The van der Waals surface area contributed by atoms with E-state index in [1.54, 1.807) is 0 Å². The van der Waals surface area contributed by atoms with Crippen LogP contribution in [0.25, 0.3) is 22.2 Å². The van der Waals surface area contributed by atoms with Gasteiger partial charge in [-0.05, 0) is 11.6 Å². The Labute approximate surface area is 117 Å². The summed E-state index contributed by atoms with van der Waals surface area (Å²) in [6.07, 6.45) is 0. The minimum Gasteiger partial charge on any atom is -0.357 e. The van der Waals surface area contributed by atoms with E-state index in [0.29, 0.717) is 0 Å². The molecule has 0 spiro atoms. The van der Waals surface area contributed by atoms with Crippen molar-refractivity contribution in [1.82, 2.24) is 4.98 Å². The van der Waals surface area contributed by atoms with Gasteiger partial charge in [-0.3, -0.25) is 0 Å². The number of aromatic nitrogens is 1. The predicted molar refractivity (Wildman–Crippen MR) is 82.2 cm³/mol. The number of fused-ring (bicyclic) bond motifs is 1. The lowest BCUT2D eigenvalue weighted by Crippen LogP contribution is -2.51. The number of hydrogen-bond donors (Lipinski definition) is 2. The van der Waals surface area contributed by atoms with Crippen molar-refractivity contribution in [2.24, 2.45) is 0 Å². The van der Waals surface area contributed by atoms with Crippen LogP contribution in [0, 0.1) is 0 Å². The van der Waals surface area contributed by atoms with Crippen LogP contribution in [0.1, 0.15) is 0 Å². The largest absolute Gasteiger partial charge is 0.357 e. The molecule has 0 bridgehead atoms. The maximum Gasteiger partial charge on any atom is 0.0835 e. The molecule has 3 aromatic rings. The first-order valence-electron chi connectivity index (χ1n) is 6.48. The summed E-state index contributed by atoms with van der Waals surface area (Å²) in [5, 5.41) is 1.31. The number of nitrogens with one attached hydrogen (secondary N) is 1. The standard InChI is InChI=1S/C16H16N2S/c17-10-11-19-16-13-8-4-5-9-14(13)18-15(16)12-6-2-1-3-7-12/h1-9,18H,10-11,17H2/p+1. The summed E-state index contributed by atoms with van der Waals surface area (Å²) in [6.45, 7) is 0.943. The average Bonchev–Trinajstić information content (AvgIpc) is 2.85. The molecule has 1 heterocycles. The number of aromatic amines is 1. The molecule has 2 aromatic carbocycles. The van der Waals surface area contributed by atoms with Gasteiger partial charge in [0.2, 0.25) is 0 Å². The fraction of sp³-hybridized carbons (Fsp3) is 0.125. The molecule has 0 fully saturated rings. The van der Waals surface area contributed by atoms with Gasteiger partial charge in [0.15, 0.2) is 0 Å². The van der Waals surface area contributed by atoms with Crippen molar-refractivity contribution in [2.45, 2.75) is 4.90 Å². The second-order valence-corrected chi connectivity index (χ2v) is 5.55. The molecule has 0 unspecified atom stereocenters. The van der Waals surface area contributed by atoms with Crippen LogP contribution in [0.3, 0.4) is 0 Å². The van der Waals surface area contributed by atoms with Crippen LogP contribution >= 0.6 is 11.8 Å². The van der Waals surface area contributed by atoms with Crippen molar-refractivity contribution in [1.29, 1.82) is 0 Å². The van der Waals surface area contributed by atoms with E-state index in [2.05, 4.69) is 65.3 Å². The second kappa shape index (κ2) is 5.51. The summed E-state index contributed by atoms with van der Waals surface area (Å²) >= 11 is 1.88. The summed E-state index contributed by atoms with van der Waals surface area (Å²) < 4.78 is 0. The first kappa shape index (κ1) is 12.3. The Morgan fingerprint density at radius 1 is 0.947 bits per heavy atom. The fourth-order valence-electron chi connectivity index (χ4n) is 2.25. The normalized spacial score (nSPS) is 11.0. The molecule has 0 amide bonds. The van der Waals surface area contributed by atoms with Gasteiger partial charge in [0, 0.05) is 21.6 Å². The monoisotopic (exact) mass is 269 g/mol. The van der Waals surface area contributed by atoms with E-state index in [9.17, 15) is 0 Å². The van der Waals surface area contributed by atoms with Gasteiger partial charge in [0.25, 0.3) is 0 Å². The average molecular weight is 269 g/mol. The lowest BCUT2D eigenvalue weighted by Gasteiger charge is -2.03. The quantitative estimate of drug-likeness (QED) is 0.702. The zero-order valence-electron chi connectivity index (χ0n) is 10.7. The minimum atomic E-state index is 0.943. The molecule has 3 heteroatoms. The van der Waals surface area contributed by atoms with E-state index < -0.39 is 0 Å². The number of para-hydroxylation sites is 1. The lowest BCUT2D eigenvalue weighted by molar-refractivity contribution is -0.360. The number of thioether (sulfide) groups is 1. The zero-order chi connectivity index (χ0) is 13.1. The van der Waals surface area contributed by atoms with E-state index in [0.717, 1.165) is 12.3 Å². The predicted octanol–water partition coefficient (Wildman–Crippen LogP) is 3.17. The third kappa shape index (κ3) is 2.39. The zero-order valence-corrected chi connectivity index (χ0v) is 11.5. The summed E-state index contributed by atoms with van der Waals surface area (Å²) in [5.74, 6) is 1.04. The molecule has 0 saturated heterocycles. The molecule has 96 valence electrons. The Morgan fingerprint density at radius 3 is 2.47 bits per heavy atom. The number of quaternary nitrogens is 1. The minimum absolute atomic E-state index is 0.943. The number of rotatable bonds is 4. The third-order valence-electron chi connectivity index (χ3n) is 3.11. The first-order valence-corrected chi connectivity index (χ1v) is 7.47. The Hall–Kier alpha value is -1.71. The van der Waals surface area contributed by atoms with Gasteiger partial charge in [-0.15, -0.1) is 11.8 Å². The molecule has 0 saturated carbocycles. The van der Waals surface area contributed by atoms with E-state index in [1.807, 2.05) is 11.8 Å². The van der Waals surface area contributed by atoms with Crippen LogP contribution in [0.4, 0.5) is 0 Å². The van der Waals surface area contributed by atoms with Gasteiger partial charge < -0.3 is 10.7 Å². The SMILES string of the molecule is [NH3+]CCSc1c(-c2ccccc2)[nH]c2ccccc12. The molecular formula is C16H17N2S+. The molecular weight excluding hydrogens is 252 g/mol. The molecule has 2 nitrogen and oxygen atoms in total. The number of H-pyrrole nitrogens is 1. The third-order valence-corrected chi connectivity index (χ3v) is 4.32. The van der Waals surface area contributed by atoms with Crippen molar-refractivity contribution in [2.75, 3.05) is 12.3 Å². The van der Waals surface area contributed by atoms with Gasteiger partial charge in [0.1, 0.15) is 0 Å². The van der Waals surface area contributed by atoms with Gasteiger partial charge in [-0.2, -0.15) is 0 Å². The van der Waals surface area contributed by atoms with Crippen LogP contribution < -0.4 is 5.73 Å². The van der Waals surface area contributed by atoms with Gasteiger partial charge >= 0.3 is 0 Å². The van der Waals surface area contributed by atoms with Crippen LogP contribution in [0.2, 0.25) is 0 Å². The van der Waals surface area contributed by atoms with Crippen LogP contribution in [0.15, 0.2) is 59.5 Å². The Kier molecular flexibility index (Phi) is 3.58. The number of hydrogen-bond acceptors (Lipinski definition) is 1. The summed E-state index contributed by atoms with van der Waals surface area (Å²) in [5.41, 5.74) is 7.60. The van der Waals surface area contributed by atoms with E-state index in [4.69, 9.17) is 0 Å². The van der Waals surface area contributed by atoms with Gasteiger partial charge in [-0.25, -0.2) is 0 Å². The maximum absolute atomic E-state index is 3.94. The van der Waals surface area contributed by atoms with E-state index >= 15 is 0 Å². The Balaban J connectivity index is 2.17. The van der Waals surface area contributed by atoms with E-state index in [-0.39, 0.29) is 0 Å². The highest BCUT2D eigenvalue weighted by atomic mass is 32.2. The molecule has 0 aliphatic heterocycles. The fourth-order valence-corrected chi connectivity index (χ4v) is 3.24. The van der Waals surface area contributed by atoms with E-state index in [1.165, 1.54) is 27.1 Å². The van der Waals surface area contributed by atoms with Crippen LogP contribution in [-0.2, 0) is 0 Å². The molecule has 0 radical (unpaired) electrons. The summed E-state index contributed by atoms with van der Waals surface area (Å²) in [4.78, 5) is 4.89. The van der Waals surface area contributed by atoms with Gasteiger partial charge in [0.05, 0.1) is 12.2 Å². The molecule has 0 aliphatic carbocycles. The number of benzene rings is 2. The van der Waals surface area contributed by atoms with Crippen molar-refractivity contribution < 1.29 is 5.73 Å². The highest BCUT2D eigenvalue weighted by Gasteiger charge is 2.12. The molecule has 19 heavy (non-hydrogen) atoms. The van der Waals surface area contributed by atoms with Crippen LogP contribution in [-0.4, -0.2) is 17.3 Å². The molecule has 4 N–H and O–H groups in total. The summed E-state index contributed by atoms with van der Waals surface area (Å²) in [7, 11) is 0. The van der Waals surface area contributed by atoms with Crippen molar-refractivity contribution in [3.63, 3.8) is 0 Å². The summed E-state index contributed by atoms with van der Waals surface area (Å²) in [6, 6.07) is 19.0. The highest BCUT2D eigenvalue weighted by Crippen LogP contribution is 2.37. The topological polar surface area (TPSA) is 43.4 Å². The Bertz CT molecular complexity index is 674. The van der Waals surface area contributed by atoms with Crippen molar-refractivity contribution in [3.8, 4) is 11.3 Å². The van der Waals surface area contributed by atoms with Crippen molar-refractivity contribution in [3.05, 3.63) is 54.6 Å². The molecule has 0 aliphatic rings. The lowest BCUT2D eigenvalue weighted by atomic mass is 10.1. The maximum atomic E-state index is 3.94. The second-order valence-electron chi connectivity index (χ2n) is 4.44. The van der Waals surface area contributed by atoms with Gasteiger partial charge in [-0.1, -0.05) is 48.5 Å².